The first-order valence-corrected chi connectivity index (χ1v) is 16.9. The number of alkyl carbamates (subject to hydrolysis) is 1. The Balaban J connectivity index is 1.45. The van der Waals surface area contributed by atoms with Gasteiger partial charge in [-0.1, -0.05) is 63.4 Å². The zero-order valence-corrected chi connectivity index (χ0v) is 28.2. The van der Waals surface area contributed by atoms with Gasteiger partial charge in [-0.05, 0) is 48.9 Å². The molecule has 3 heterocycles. The summed E-state index contributed by atoms with van der Waals surface area (Å²) >= 11 is 11.3. The van der Waals surface area contributed by atoms with Gasteiger partial charge in [0.2, 0.25) is 11.8 Å². The summed E-state index contributed by atoms with van der Waals surface area (Å²) in [7, 11) is 1.53. The molecular formula is C34H34BrClN4O4S. The predicted molar refractivity (Wildman–Crippen MR) is 180 cm³/mol. The van der Waals surface area contributed by atoms with E-state index < -0.39 is 16.9 Å². The van der Waals surface area contributed by atoms with Gasteiger partial charge in [-0.2, -0.15) is 0 Å². The number of piperidine rings is 1. The van der Waals surface area contributed by atoms with E-state index in [1.54, 1.807) is 0 Å². The lowest BCUT2D eigenvalue weighted by molar-refractivity contribution is -0.136. The smallest absolute Gasteiger partial charge is 0.407 e. The van der Waals surface area contributed by atoms with Gasteiger partial charge in [0.1, 0.15) is 10.9 Å². The van der Waals surface area contributed by atoms with Gasteiger partial charge in [-0.15, -0.1) is 11.8 Å². The van der Waals surface area contributed by atoms with Gasteiger partial charge in [0.15, 0.2) is 0 Å². The maximum absolute atomic E-state index is 15.0. The Hall–Kier alpha value is -3.47. The minimum Gasteiger partial charge on any atom is -0.446 e. The Morgan fingerprint density at radius 1 is 1.09 bits per heavy atom. The van der Waals surface area contributed by atoms with Crippen molar-refractivity contribution >= 4 is 68.1 Å². The zero-order valence-electron chi connectivity index (χ0n) is 25.0. The normalized spacial score (nSPS) is 20.5. The van der Waals surface area contributed by atoms with Crippen LogP contribution in [-0.2, 0) is 20.9 Å². The highest BCUT2D eigenvalue weighted by Crippen LogP contribution is 2.55. The molecule has 0 spiro atoms. The number of nitrogens with one attached hydrogen (secondary N) is 2. The number of likely N-dealkylation sites (tertiary alicyclic amines) is 2. The molecule has 0 saturated carbocycles. The number of amides is 3. The van der Waals surface area contributed by atoms with Crippen molar-refractivity contribution < 1.29 is 19.1 Å². The number of aromatic nitrogens is 1. The number of halogens is 2. The van der Waals surface area contributed by atoms with Crippen LogP contribution in [0, 0.1) is 6.92 Å². The molecule has 4 aromatic rings. The Labute approximate surface area is 279 Å². The van der Waals surface area contributed by atoms with E-state index in [0.29, 0.717) is 37.5 Å². The molecular weight excluding hydrogens is 676 g/mol. The maximum atomic E-state index is 15.0. The second kappa shape index (κ2) is 13.1. The fourth-order valence-corrected chi connectivity index (χ4v) is 8.26. The van der Waals surface area contributed by atoms with Crippen LogP contribution >= 0.6 is 39.3 Å². The van der Waals surface area contributed by atoms with E-state index in [-0.39, 0.29) is 24.3 Å². The number of carbonyl (C=O) groups is 3. The number of aryl methyl sites for hydroxylation is 1. The molecule has 3 amide bonds. The van der Waals surface area contributed by atoms with Gasteiger partial charge in [-0.3, -0.25) is 9.59 Å². The monoisotopic (exact) mass is 708 g/mol. The van der Waals surface area contributed by atoms with Crippen molar-refractivity contribution in [3.8, 4) is 0 Å². The summed E-state index contributed by atoms with van der Waals surface area (Å²) in [4.78, 5) is 49.1. The van der Waals surface area contributed by atoms with Crippen LogP contribution < -0.4 is 5.32 Å². The van der Waals surface area contributed by atoms with Crippen molar-refractivity contribution in [1.82, 2.24) is 20.1 Å². The number of hydrogen-bond donors (Lipinski definition) is 2. The standard InChI is InChI=1S/C34H34BrClN4O4S/c1-21-3-10-26(11-4-21)45-34(32(42)39-15-13-25(14-16-39)44-33(43)37-2)18-30(41)40(20-22-5-7-23(35)8-6-22)31(34)28-19-38-29-17-24(36)9-12-27(28)29/h3-12,17,19,25,31,38H,13-16,18,20H2,1-2H3,(H,37,43)/t31-,34?/m0/s1. The molecule has 2 fully saturated rings. The molecule has 2 N–H and O–H groups in total. The SMILES string of the molecule is CNC(=O)OC1CCN(C(=O)C2(Sc3ccc(C)cc3)CC(=O)N(Cc3ccc(Br)cc3)[C@H]2c2c[nH]c3cc(Cl)ccc23)CC1. The summed E-state index contributed by atoms with van der Waals surface area (Å²) in [6.07, 6.45) is 2.26. The Morgan fingerprint density at radius 2 is 1.80 bits per heavy atom. The molecule has 2 atom stereocenters. The first-order valence-electron chi connectivity index (χ1n) is 14.9. The second-order valence-corrected chi connectivity index (χ2v) is 14.4. The Kier molecular flexibility index (Phi) is 9.17. The fraction of sp³-hybridized carbons (Fsp3) is 0.324. The molecule has 1 unspecified atom stereocenters. The largest absolute Gasteiger partial charge is 0.446 e. The van der Waals surface area contributed by atoms with Gasteiger partial charge in [0.05, 0.1) is 12.5 Å². The number of ether oxygens (including phenoxy) is 1. The number of thioether (sulfide) groups is 1. The summed E-state index contributed by atoms with van der Waals surface area (Å²) in [5.74, 6) is -0.177. The lowest BCUT2D eigenvalue weighted by atomic mass is 9.89. The number of H-pyrrole nitrogens is 1. The van der Waals surface area contributed by atoms with Crippen LogP contribution in [0.15, 0.2) is 82.3 Å². The molecule has 2 aliphatic heterocycles. The second-order valence-electron chi connectivity index (χ2n) is 11.6. The van der Waals surface area contributed by atoms with E-state index in [1.165, 1.54) is 18.8 Å². The van der Waals surface area contributed by atoms with Crippen molar-refractivity contribution in [2.75, 3.05) is 20.1 Å². The highest BCUT2D eigenvalue weighted by Gasteiger charge is 2.60. The molecule has 2 aliphatic rings. The van der Waals surface area contributed by atoms with Crippen molar-refractivity contribution in [3.05, 3.63) is 99.1 Å². The van der Waals surface area contributed by atoms with Crippen LogP contribution in [0.1, 0.15) is 42.0 Å². The van der Waals surface area contributed by atoms with Crippen LogP contribution in [0.4, 0.5) is 4.79 Å². The van der Waals surface area contributed by atoms with Crippen molar-refractivity contribution in [2.24, 2.45) is 0 Å². The van der Waals surface area contributed by atoms with E-state index >= 15 is 4.79 Å². The topological polar surface area (TPSA) is 94.7 Å². The number of benzene rings is 3. The predicted octanol–water partition coefficient (Wildman–Crippen LogP) is 7.24. The Bertz CT molecular complexity index is 1720. The lowest BCUT2D eigenvalue weighted by Crippen LogP contribution is -2.53. The average Bonchev–Trinajstić information content (AvgIpc) is 3.56. The van der Waals surface area contributed by atoms with E-state index in [2.05, 4.69) is 26.2 Å². The third-order valence-electron chi connectivity index (χ3n) is 8.61. The molecule has 8 nitrogen and oxygen atoms in total. The number of hydrogen-bond acceptors (Lipinski definition) is 5. The van der Waals surface area contributed by atoms with Gasteiger partial charge < -0.3 is 24.8 Å². The van der Waals surface area contributed by atoms with E-state index in [4.69, 9.17) is 16.3 Å². The third kappa shape index (κ3) is 6.46. The number of aromatic amines is 1. The number of carbonyl (C=O) groups excluding carboxylic acids is 3. The number of rotatable bonds is 7. The number of fused-ring (bicyclic) bond motifs is 1. The highest BCUT2D eigenvalue weighted by atomic mass is 79.9. The quantitative estimate of drug-likeness (QED) is 0.211. The van der Waals surface area contributed by atoms with Crippen LogP contribution in [0.25, 0.3) is 10.9 Å². The minimum absolute atomic E-state index is 0.0422. The molecule has 1 aromatic heterocycles. The fourth-order valence-electron chi connectivity index (χ4n) is 6.35. The first kappa shape index (κ1) is 31.5. The van der Waals surface area contributed by atoms with Crippen molar-refractivity contribution in [3.63, 3.8) is 0 Å². The molecule has 0 bridgehead atoms. The lowest BCUT2D eigenvalue weighted by Gasteiger charge is -2.41. The average molecular weight is 710 g/mol. The van der Waals surface area contributed by atoms with Gasteiger partial charge in [0, 0.05) is 76.6 Å². The summed E-state index contributed by atoms with van der Waals surface area (Å²) < 4.78 is 5.29. The highest BCUT2D eigenvalue weighted by molar-refractivity contribution is 9.10. The molecule has 3 aromatic carbocycles. The molecule has 2 saturated heterocycles. The third-order valence-corrected chi connectivity index (χ3v) is 10.8. The van der Waals surface area contributed by atoms with Crippen LogP contribution in [0.5, 0.6) is 0 Å². The van der Waals surface area contributed by atoms with Crippen LogP contribution in [-0.4, -0.2) is 63.7 Å². The summed E-state index contributed by atoms with van der Waals surface area (Å²) in [5.41, 5.74) is 3.79. The molecule has 45 heavy (non-hydrogen) atoms. The number of nitrogens with zero attached hydrogens (tertiary/aromatic N) is 2. The minimum atomic E-state index is -1.16. The molecule has 0 radical (unpaired) electrons. The van der Waals surface area contributed by atoms with E-state index in [0.717, 1.165) is 37.0 Å². The van der Waals surface area contributed by atoms with Gasteiger partial charge >= 0.3 is 6.09 Å². The summed E-state index contributed by atoms with van der Waals surface area (Å²) in [5, 5.41) is 4.01. The zero-order chi connectivity index (χ0) is 31.7. The van der Waals surface area contributed by atoms with Crippen molar-refractivity contribution in [2.45, 2.75) is 54.5 Å². The molecule has 234 valence electrons. The molecule has 6 rings (SSSR count). The van der Waals surface area contributed by atoms with Crippen LogP contribution in [0.3, 0.4) is 0 Å². The van der Waals surface area contributed by atoms with Crippen LogP contribution in [0.2, 0.25) is 5.02 Å². The van der Waals surface area contributed by atoms with Gasteiger partial charge in [-0.25, -0.2) is 4.79 Å². The van der Waals surface area contributed by atoms with Crippen molar-refractivity contribution in [1.29, 1.82) is 0 Å². The van der Waals surface area contributed by atoms with Gasteiger partial charge in [0.25, 0.3) is 0 Å². The van der Waals surface area contributed by atoms with E-state index in [1.807, 2.05) is 89.7 Å². The Morgan fingerprint density at radius 3 is 2.49 bits per heavy atom. The summed E-state index contributed by atoms with van der Waals surface area (Å²) in [6.45, 7) is 3.23. The summed E-state index contributed by atoms with van der Waals surface area (Å²) in [6, 6.07) is 21.1. The van der Waals surface area contributed by atoms with E-state index in [9.17, 15) is 9.59 Å². The first-order chi connectivity index (χ1) is 21.7. The molecule has 11 heteroatoms. The maximum Gasteiger partial charge on any atom is 0.407 e. The molecule has 0 aliphatic carbocycles.